The summed E-state index contributed by atoms with van der Waals surface area (Å²) in [7, 11) is 2.18. The molecule has 5 nitrogen and oxygen atoms in total. The van der Waals surface area contributed by atoms with Gasteiger partial charge in [-0.1, -0.05) is 0 Å². The number of nitrogens with zero attached hydrogens (tertiary/aromatic N) is 3. The molecular weight excluding hydrogens is 228 g/mol. The number of aliphatic hydroxyl groups excluding tert-OH is 1. The second-order valence-electron chi connectivity index (χ2n) is 5.29. The lowest BCUT2D eigenvalue weighted by Crippen LogP contribution is -2.38. The van der Waals surface area contributed by atoms with Crippen molar-refractivity contribution in [3.63, 3.8) is 0 Å². The molecule has 0 radical (unpaired) electrons. The first-order valence-electron chi connectivity index (χ1n) is 6.79. The van der Waals surface area contributed by atoms with Crippen molar-refractivity contribution in [2.24, 2.45) is 5.92 Å². The Morgan fingerprint density at radius 1 is 1.44 bits per heavy atom. The molecule has 2 heterocycles. The molecule has 0 bridgehead atoms. The fourth-order valence-electron chi connectivity index (χ4n) is 2.41. The second-order valence-corrected chi connectivity index (χ2v) is 5.29. The van der Waals surface area contributed by atoms with E-state index in [1.807, 2.05) is 12.3 Å². The molecule has 1 aliphatic heterocycles. The molecular formula is C13H24N4O. The number of aromatic nitrogens is 2. The van der Waals surface area contributed by atoms with E-state index >= 15 is 0 Å². The summed E-state index contributed by atoms with van der Waals surface area (Å²) in [6.45, 7) is 4.62. The minimum atomic E-state index is -0.365. The predicted octanol–water partition coefficient (Wildman–Crippen LogP) is 0.175. The van der Waals surface area contributed by atoms with E-state index in [2.05, 4.69) is 22.4 Å². The minimum absolute atomic E-state index is 0.365. The maximum absolute atomic E-state index is 9.86. The average molecular weight is 252 g/mol. The van der Waals surface area contributed by atoms with Gasteiger partial charge in [0.25, 0.3) is 0 Å². The fraction of sp³-hybridized carbons (Fsp3) is 0.769. The molecule has 1 unspecified atom stereocenters. The summed E-state index contributed by atoms with van der Waals surface area (Å²) in [5.41, 5.74) is 0. The highest BCUT2D eigenvalue weighted by atomic mass is 16.3. The van der Waals surface area contributed by atoms with Crippen LogP contribution in [-0.4, -0.2) is 59.1 Å². The third kappa shape index (κ3) is 4.40. The molecule has 1 aromatic heterocycles. The zero-order chi connectivity index (χ0) is 12.8. The van der Waals surface area contributed by atoms with Gasteiger partial charge in [0.15, 0.2) is 0 Å². The molecule has 1 aromatic rings. The molecule has 102 valence electrons. The summed E-state index contributed by atoms with van der Waals surface area (Å²) in [4.78, 5) is 2.38. The Morgan fingerprint density at radius 3 is 2.89 bits per heavy atom. The Hall–Kier alpha value is -0.910. The maximum atomic E-state index is 9.86. The highest BCUT2D eigenvalue weighted by molar-refractivity contribution is 4.79. The van der Waals surface area contributed by atoms with Crippen molar-refractivity contribution in [2.75, 3.05) is 33.2 Å². The van der Waals surface area contributed by atoms with Gasteiger partial charge in [-0.3, -0.25) is 4.68 Å². The van der Waals surface area contributed by atoms with Gasteiger partial charge in [-0.05, 0) is 51.5 Å². The van der Waals surface area contributed by atoms with Crippen LogP contribution in [0.4, 0.5) is 0 Å². The number of hydrogen-bond acceptors (Lipinski definition) is 4. The highest BCUT2D eigenvalue weighted by Gasteiger charge is 2.16. The van der Waals surface area contributed by atoms with E-state index in [4.69, 9.17) is 0 Å². The largest absolute Gasteiger partial charge is 0.390 e. The van der Waals surface area contributed by atoms with Crippen LogP contribution in [0.15, 0.2) is 18.5 Å². The van der Waals surface area contributed by atoms with Crippen LogP contribution in [0.25, 0.3) is 0 Å². The molecule has 1 fully saturated rings. The lowest BCUT2D eigenvalue weighted by atomic mass is 9.97. The Balaban J connectivity index is 1.57. The van der Waals surface area contributed by atoms with Crippen LogP contribution in [0.5, 0.6) is 0 Å². The van der Waals surface area contributed by atoms with E-state index in [0.717, 1.165) is 12.5 Å². The lowest BCUT2D eigenvalue weighted by Gasteiger charge is -2.29. The molecule has 1 saturated heterocycles. The monoisotopic (exact) mass is 252 g/mol. The van der Waals surface area contributed by atoms with E-state index in [1.54, 1.807) is 10.9 Å². The normalized spacial score (nSPS) is 20.1. The van der Waals surface area contributed by atoms with Gasteiger partial charge in [0.2, 0.25) is 0 Å². The standard InChI is InChI=1S/C13H24N4O/c1-16-7-3-12(4-8-16)9-14-10-13(18)11-17-6-2-5-15-17/h2,5-6,12-14,18H,3-4,7-11H2,1H3. The number of aliphatic hydroxyl groups is 1. The third-order valence-corrected chi connectivity index (χ3v) is 3.61. The van der Waals surface area contributed by atoms with Crippen molar-refractivity contribution in [1.82, 2.24) is 20.0 Å². The van der Waals surface area contributed by atoms with Gasteiger partial charge in [0.05, 0.1) is 12.6 Å². The average Bonchev–Trinajstić information content (AvgIpc) is 2.84. The van der Waals surface area contributed by atoms with Crippen LogP contribution in [0.3, 0.4) is 0 Å². The fourth-order valence-corrected chi connectivity index (χ4v) is 2.41. The van der Waals surface area contributed by atoms with Crippen molar-refractivity contribution in [3.8, 4) is 0 Å². The van der Waals surface area contributed by atoms with Gasteiger partial charge in [-0.25, -0.2) is 0 Å². The van der Waals surface area contributed by atoms with Gasteiger partial charge < -0.3 is 15.3 Å². The zero-order valence-electron chi connectivity index (χ0n) is 11.1. The van der Waals surface area contributed by atoms with Crippen molar-refractivity contribution in [2.45, 2.75) is 25.5 Å². The summed E-state index contributed by atoms with van der Waals surface area (Å²) in [5, 5.41) is 17.3. The first kappa shape index (κ1) is 13.5. The number of piperidine rings is 1. The Morgan fingerprint density at radius 2 is 2.22 bits per heavy atom. The van der Waals surface area contributed by atoms with E-state index < -0.39 is 0 Å². The van der Waals surface area contributed by atoms with Crippen molar-refractivity contribution >= 4 is 0 Å². The molecule has 1 atom stereocenters. The molecule has 0 aliphatic carbocycles. The number of likely N-dealkylation sites (tertiary alicyclic amines) is 1. The van der Waals surface area contributed by atoms with Crippen LogP contribution < -0.4 is 5.32 Å². The Labute approximate surface area is 109 Å². The predicted molar refractivity (Wildman–Crippen MR) is 71.3 cm³/mol. The Kier molecular flexibility index (Phi) is 5.16. The zero-order valence-corrected chi connectivity index (χ0v) is 11.1. The quantitative estimate of drug-likeness (QED) is 0.758. The molecule has 0 saturated carbocycles. The van der Waals surface area contributed by atoms with Crippen LogP contribution in [0.1, 0.15) is 12.8 Å². The summed E-state index contributed by atoms with van der Waals surface area (Å²) < 4.78 is 1.77. The number of rotatable bonds is 6. The van der Waals surface area contributed by atoms with Crippen molar-refractivity contribution < 1.29 is 5.11 Å². The van der Waals surface area contributed by atoms with Crippen molar-refractivity contribution in [1.29, 1.82) is 0 Å². The molecule has 0 amide bonds. The minimum Gasteiger partial charge on any atom is -0.390 e. The molecule has 2 N–H and O–H groups in total. The SMILES string of the molecule is CN1CCC(CNCC(O)Cn2cccn2)CC1. The van der Waals surface area contributed by atoms with Crippen LogP contribution in [0, 0.1) is 5.92 Å². The highest BCUT2D eigenvalue weighted by Crippen LogP contribution is 2.14. The molecule has 18 heavy (non-hydrogen) atoms. The lowest BCUT2D eigenvalue weighted by molar-refractivity contribution is 0.141. The topological polar surface area (TPSA) is 53.3 Å². The van der Waals surface area contributed by atoms with Gasteiger partial charge in [-0.2, -0.15) is 5.10 Å². The first-order valence-corrected chi connectivity index (χ1v) is 6.79. The molecule has 0 aromatic carbocycles. The van der Waals surface area contributed by atoms with E-state index in [9.17, 15) is 5.11 Å². The first-order chi connectivity index (χ1) is 8.74. The summed E-state index contributed by atoms with van der Waals surface area (Å²) in [5.74, 6) is 0.762. The number of hydrogen-bond donors (Lipinski definition) is 2. The molecule has 1 aliphatic rings. The smallest absolute Gasteiger partial charge is 0.0860 e. The molecule has 2 rings (SSSR count). The maximum Gasteiger partial charge on any atom is 0.0860 e. The molecule has 0 spiro atoms. The van der Waals surface area contributed by atoms with Crippen molar-refractivity contribution in [3.05, 3.63) is 18.5 Å². The van der Waals surface area contributed by atoms with Crippen LogP contribution >= 0.6 is 0 Å². The van der Waals surface area contributed by atoms with E-state index in [-0.39, 0.29) is 6.10 Å². The van der Waals surface area contributed by atoms with Gasteiger partial charge >= 0.3 is 0 Å². The van der Waals surface area contributed by atoms with Gasteiger partial charge in [-0.15, -0.1) is 0 Å². The summed E-state index contributed by atoms with van der Waals surface area (Å²) in [6, 6.07) is 1.87. The van der Waals surface area contributed by atoms with Crippen LogP contribution in [-0.2, 0) is 6.54 Å². The van der Waals surface area contributed by atoms with Gasteiger partial charge in [0, 0.05) is 18.9 Å². The van der Waals surface area contributed by atoms with Gasteiger partial charge in [0.1, 0.15) is 0 Å². The second kappa shape index (κ2) is 6.87. The Bertz CT molecular complexity index is 320. The summed E-state index contributed by atoms with van der Waals surface area (Å²) >= 11 is 0. The number of nitrogens with one attached hydrogen (secondary N) is 1. The molecule has 5 heteroatoms. The third-order valence-electron chi connectivity index (χ3n) is 3.61. The van der Waals surface area contributed by atoms with E-state index in [0.29, 0.717) is 13.1 Å². The van der Waals surface area contributed by atoms with E-state index in [1.165, 1.54) is 25.9 Å². The van der Waals surface area contributed by atoms with Crippen LogP contribution in [0.2, 0.25) is 0 Å². The summed E-state index contributed by atoms with van der Waals surface area (Å²) in [6.07, 6.45) is 5.77.